The van der Waals surface area contributed by atoms with Crippen LogP contribution in [0.25, 0.3) is 0 Å². The molecule has 4 fully saturated rings. The standard InChI is InChI=1S/C50H74N8O9S2/c1-31(51-7)43(59)53-35-19-25-68-39-27-49(3,4)41(57(39)47(35)63)45(61)55-37(33-15-11-9-12-16-33)29-66-23-21-65-22-24-67-30-38(34-17-13-10-14-18-34)56-46(62)42-50(5,6)28-40-58(42)48(64)36(20-26-69-40)54-44(60)32(2)52-8/h9-18,31-32,35-42,51-52H,19-30H2,1-8H3,(H,53,59)(H,54,60)(H,55,61)(H,56,62)/t31?,32?,35-,36-,37?,38?,39-,40-,41+,42+/m0/s1. The Bertz CT molecular complexity index is 1930. The number of fused-ring (bicyclic) bond motifs is 2. The van der Waals surface area contributed by atoms with Crippen LogP contribution in [0.4, 0.5) is 0 Å². The third-order valence-electron chi connectivity index (χ3n) is 13.7. The summed E-state index contributed by atoms with van der Waals surface area (Å²) in [5.41, 5.74) is 0.670. The lowest BCUT2D eigenvalue weighted by Crippen LogP contribution is -2.58. The first kappa shape index (κ1) is 54.1. The molecule has 6 amide bonds. The van der Waals surface area contributed by atoms with E-state index in [4.69, 9.17) is 14.2 Å². The van der Waals surface area contributed by atoms with Gasteiger partial charge in [-0.25, -0.2) is 0 Å². The maximum atomic E-state index is 14.4. The number of benzene rings is 2. The van der Waals surface area contributed by atoms with E-state index in [1.807, 2.05) is 88.4 Å². The van der Waals surface area contributed by atoms with E-state index in [0.29, 0.717) is 37.2 Å². The number of likely N-dealkylation sites (N-methyl/N-ethyl adjacent to an activating group) is 2. The van der Waals surface area contributed by atoms with Crippen LogP contribution in [-0.4, -0.2) is 157 Å². The van der Waals surface area contributed by atoms with Crippen LogP contribution in [0, 0.1) is 10.8 Å². The molecule has 4 unspecified atom stereocenters. The number of amides is 6. The summed E-state index contributed by atoms with van der Waals surface area (Å²) in [6.45, 7) is 12.9. The molecule has 4 aliphatic rings. The van der Waals surface area contributed by atoms with Gasteiger partial charge in [0.05, 0.1) is 74.6 Å². The molecule has 17 nitrogen and oxygen atoms in total. The fourth-order valence-corrected chi connectivity index (χ4v) is 12.8. The fourth-order valence-electron chi connectivity index (χ4n) is 9.61. The minimum atomic E-state index is -0.753. The third-order valence-corrected chi connectivity index (χ3v) is 16.2. The van der Waals surface area contributed by atoms with Gasteiger partial charge in [0.25, 0.3) is 0 Å². The average Bonchev–Trinajstić information content (AvgIpc) is 3.65. The second-order valence-electron chi connectivity index (χ2n) is 19.8. The summed E-state index contributed by atoms with van der Waals surface area (Å²) in [7, 11) is 3.39. The van der Waals surface area contributed by atoms with Crippen LogP contribution >= 0.6 is 23.5 Å². The highest BCUT2D eigenvalue weighted by Gasteiger charge is 2.56. The van der Waals surface area contributed by atoms with Gasteiger partial charge in [0.2, 0.25) is 35.4 Å². The van der Waals surface area contributed by atoms with Crippen molar-refractivity contribution in [3.63, 3.8) is 0 Å². The van der Waals surface area contributed by atoms with Crippen LogP contribution in [0.1, 0.15) is 90.4 Å². The number of thioether (sulfide) groups is 2. The lowest BCUT2D eigenvalue weighted by molar-refractivity contribution is -0.144. The van der Waals surface area contributed by atoms with Crippen molar-refractivity contribution in [1.82, 2.24) is 41.7 Å². The maximum absolute atomic E-state index is 14.4. The zero-order valence-electron chi connectivity index (χ0n) is 41.4. The van der Waals surface area contributed by atoms with Crippen molar-refractivity contribution in [2.75, 3.05) is 65.2 Å². The normalized spacial score (nSPS) is 25.8. The van der Waals surface area contributed by atoms with Crippen molar-refractivity contribution in [1.29, 1.82) is 0 Å². The summed E-state index contributed by atoms with van der Waals surface area (Å²) in [5.74, 6) is -0.190. The van der Waals surface area contributed by atoms with Gasteiger partial charge in [-0.1, -0.05) is 88.4 Å². The fraction of sp³-hybridized carbons (Fsp3) is 0.640. The molecule has 10 atom stereocenters. The molecule has 0 aromatic heterocycles. The molecule has 0 saturated carbocycles. The Labute approximate surface area is 416 Å². The molecule has 2 aromatic carbocycles. The average molecular weight is 995 g/mol. The van der Waals surface area contributed by atoms with Crippen molar-refractivity contribution in [3.05, 3.63) is 71.8 Å². The zero-order valence-corrected chi connectivity index (χ0v) is 43.1. The van der Waals surface area contributed by atoms with Crippen molar-refractivity contribution < 1.29 is 43.0 Å². The molecule has 0 radical (unpaired) electrons. The van der Waals surface area contributed by atoms with Gasteiger partial charge >= 0.3 is 0 Å². The second-order valence-corrected chi connectivity index (χ2v) is 22.3. The number of carbonyl (C=O) groups excluding carboxylic acids is 6. The first-order chi connectivity index (χ1) is 33.0. The quantitative estimate of drug-likeness (QED) is 0.0940. The van der Waals surface area contributed by atoms with Crippen LogP contribution in [0.5, 0.6) is 0 Å². The third kappa shape index (κ3) is 13.6. The van der Waals surface area contributed by atoms with E-state index in [1.165, 1.54) is 0 Å². The predicted molar refractivity (Wildman–Crippen MR) is 268 cm³/mol. The Kier molecular flexibility index (Phi) is 19.4. The minimum Gasteiger partial charge on any atom is -0.377 e. The smallest absolute Gasteiger partial charge is 0.246 e. The van der Waals surface area contributed by atoms with Gasteiger partial charge in [-0.3, -0.25) is 28.8 Å². The van der Waals surface area contributed by atoms with Crippen molar-refractivity contribution in [3.8, 4) is 0 Å². The summed E-state index contributed by atoms with van der Waals surface area (Å²) in [6, 6.07) is 14.3. The molecule has 0 spiro atoms. The van der Waals surface area contributed by atoms with E-state index in [-0.39, 0.29) is 85.8 Å². The number of nitrogens with zero attached hydrogens (tertiary/aromatic N) is 2. The highest BCUT2D eigenvalue weighted by molar-refractivity contribution is 8.00. The molecule has 2 aromatic rings. The molecule has 0 aliphatic carbocycles. The Hall–Kier alpha value is -4.24. The first-order valence-electron chi connectivity index (χ1n) is 24.2. The van der Waals surface area contributed by atoms with Crippen LogP contribution < -0.4 is 31.9 Å². The molecule has 6 rings (SSSR count). The van der Waals surface area contributed by atoms with E-state index >= 15 is 0 Å². The van der Waals surface area contributed by atoms with Gasteiger partial charge in [0.1, 0.15) is 24.2 Å². The summed E-state index contributed by atoms with van der Waals surface area (Å²) < 4.78 is 18.1. The van der Waals surface area contributed by atoms with Crippen LogP contribution in [0.3, 0.4) is 0 Å². The van der Waals surface area contributed by atoms with Crippen LogP contribution in [0.15, 0.2) is 60.7 Å². The Morgan fingerprint density at radius 1 is 0.609 bits per heavy atom. The van der Waals surface area contributed by atoms with Gasteiger partial charge in [-0.15, -0.1) is 23.5 Å². The topological polar surface area (TPSA) is 209 Å². The lowest BCUT2D eigenvalue weighted by Gasteiger charge is -2.35. The first-order valence-corrected chi connectivity index (χ1v) is 26.3. The Morgan fingerprint density at radius 2 is 0.971 bits per heavy atom. The van der Waals surface area contributed by atoms with E-state index < -0.39 is 59.2 Å². The molecular weight excluding hydrogens is 921 g/mol. The molecular formula is C50H74N8O9S2. The molecule has 4 aliphatic heterocycles. The Morgan fingerprint density at radius 3 is 1.33 bits per heavy atom. The summed E-state index contributed by atoms with van der Waals surface area (Å²) >= 11 is 3.30. The Balaban J connectivity index is 1.00. The highest BCUT2D eigenvalue weighted by Crippen LogP contribution is 2.48. The van der Waals surface area contributed by atoms with Crippen molar-refractivity contribution in [2.24, 2.45) is 10.8 Å². The van der Waals surface area contributed by atoms with Gasteiger partial charge in [0.15, 0.2) is 0 Å². The molecule has 19 heteroatoms. The molecule has 380 valence electrons. The molecule has 4 saturated heterocycles. The molecule has 0 bridgehead atoms. The largest absolute Gasteiger partial charge is 0.377 e. The number of nitrogens with one attached hydrogen (secondary N) is 6. The number of ether oxygens (including phenoxy) is 3. The van der Waals surface area contributed by atoms with E-state index in [0.717, 1.165) is 11.1 Å². The number of hydrogen-bond acceptors (Lipinski definition) is 13. The van der Waals surface area contributed by atoms with Gasteiger partial charge in [0, 0.05) is 0 Å². The van der Waals surface area contributed by atoms with Crippen molar-refractivity contribution in [2.45, 2.75) is 126 Å². The summed E-state index contributed by atoms with van der Waals surface area (Å²) in [6.07, 6.45) is 2.26. The van der Waals surface area contributed by atoms with E-state index in [9.17, 15) is 28.8 Å². The zero-order chi connectivity index (χ0) is 49.9. The molecule has 6 N–H and O–H groups in total. The summed E-state index contributed by atoms with van der Waals surface area (Å²) in [5, 5.41) is 17.7. The monoisotopic (exact) mass is 995 g/mol. The van der Waals surface area contributed by atoms with Gasteiger partial charge in [-0.2, -0.15) is 0 Å². The number of hydrogen-bond donors (Lipinski definition) is 6. The van der Waals surface area contributed by atoms with E-state index in [2.05, 4.69) is 31.9 Å². The number of rotatable bonds is 22. The molecule has 4 heterocycles. The minimum absolute atomic E-state index is 0.166. The lowest BCUT2D eigenvalue weighted by atomic mass is 9.83. The highest BCUT2D eigenvalue weighted by atomic mass is 32.2. The summed E-state index contributed by atoms with van der Waals surface area (Å²) in [4.78, 5) is 86.0. The van der Waals surface area contributed by atoms with Crippen LogP contribution in [0.2, 0.25) is 0 Å². The van der Waals surface area contributed by atoms with Crippen molar-refractivity contribution >= 4 is 59.0 Å². The number of carbonyl (C=O) groups is 6. The molecule has 69 heavy (non-hydrogen) atoms. The van der Waals surface area contributed by atoms with Gasteiger partial charge < -0.3 is 55.9 Å². The van der Waals surface area contributed by atoms with Crippen LogP contribution in [-0.2, 0) is 43.0 Å². The SMILES string of the molecule is CNC(C)C(=O)N[C@H]1CCS[C@H]2CC(C)(C)[C@@H](C(=O)NC(COCCOCCOCC(NC(=O)[C@H]3N4C(=O)[C@@H](NC(=O)C(C)NC)CCS[C@H]4CC3(C)C)c3ccccc3)c3ccccc3)N2C1=O. The van der Waals surface area contributed by atoms with E-state index in [1.54, 1.807) is 61.3 Å². The maximum Gasteiger partial charge on any atom is 0.246 e. The predicted octanol–water partition coefficient (Wildman–Crippen LogP) is 3.12. The second kappa shape index (κ2) is 24.7. The van der Waals surface area contributed by atoms with Gasteiger partial charge in [-0.05, 0) is 87.1 Å².